The zero-order valence-electron chi connectivity index (χ0n) is 13.3. The van der Waals surface area contributed by atoms with E-state index in [0.29, 0.717) is 0 Å². The normalized spacial score (nSPS) is 26.6. The summed E-state index contributed by atoms with van der Waals surface area (Å²) >= 11 is 0. The molecule has 3 N–H and O–H groups in total. The quantitative estimate of drug-likeness (QED) is 0.795. The molecule has 3 rings (SSSR count). The Bertz CT molecular complexity index is 624. The largest absolute Gasteiger partial charge is 0.396 e. The molecule has 0 spiro atoms. The maximum Gasteiger partial charge on any atom is 0.0642 e. The van der Waals surface area contributed by atoms with Crippen molar-refractivity contribution in [3.8, 4) is 0 Å². The highest BCUT2D eigenvalue weighted by Gasteiger charge is 2.41. The fourth-order valence-corrected chi connectivity index (χ4v) is 3.88. The zero-order chi connectivity index (χ0) is 15.6. The minimum Gasteiger partial charge on any atom is -0.396 e. The van der Waals surface area contributed by atoms with Gasteiger partial charge < -0.3 is 15.2 Å². The van der Waals surface area contributed by atoms with Crippen LogP contribution in [0.3, 0.4) is 0 Å². The van der Waals surface area contributed by atoms with E-state index in [0.717, 1.165) is 38.9 Å². The molecule has 0 aliphatic carbocycles. The van der Waals surface area contributed by atoms with Crippen molar-refractivity contribution in [3.05, 3.63) is 36.0 Å². The van der Waals surface area contributed by atoms with E-state index in [9.17, 15) is 10.2 Å². The molecule has 22 heavy (non-hydrogen) atoms. The fourth-order valence-electron chi connectivity index (χ4n) is 3.88. The van der Waals surface area contributed by atoms with Crippen LogP contribution in [0.1, 0.15) is 31.7 Å². The van der Waals surface area contributed by atoms with Gasteiger partial charge in [-0.2, -0.15) is 0 Å². The molecule has 1 aromatic carbocycles. The number of hydrogen-bond acceptors (Lipinski definition) is 3. The van der Waals surface area contributed by atoms with Gasteiger partial charge in [0.15, 0.2) is 0 Å². The summed E-state index contributed by atoms with van der Waals surface area (Å²) in [6.07, 6.45) is 4.17. The van der Waals surface area contributed by atoms with E-state index in [4.69, 9.17) is 0 Å². The van der Waals surface area contributed by atoms with Crippen LogP contribution in [0.25, 0.3) is 10.9 Å². The molecular weight excluding hydrogens is 276 g/mol. The molecule has 0 bridgehead atoms. The van der Waals surface area contributed by atoms with Crippen LogP contribution >= 0.6 is 0 Å². The van der Waals surface area contributed by atoms with E-state index < -0.39 is 6.10 Å². The maximum atomic E-state index is 10.4. The van der Waals surface area contributed by atoms with Crippen LogP contribution in [0.2, 0.25) is 0 Å². The van der Waals surface area contributed by atoms with Crippen LogP contribution < -0.4 is 0 Å². The molecule has 4 nitrogen and oxygen atoms in total. The molecule has 1 saturated heterocycles. The molecular formula is C18H26N2O2. The van der Waals surface area contributed by atoms with Crippen molar-refractivity contribution in [1.29, 1.82) is 0 Å². The van der Waals surface area contributed by atoms with Crippen LogP contribution in [0.5, 0.6) is 0 Å². The molecule has 2 heterocycles. The second-order valence-electron chi connectivity index (χ2n) is 6.64. The standard InChI is InChI=1S/C18H26N2O2/c1-2-8-18(13-21)12-20(10-7-16(18)22)11-15-5-3-4-14-6-9-19-17(14)15/h3-6,9,16,19,21-22H,2,7-8,10-13H2,1H3/t16-,18-/m0/s1. The summed E-state index contributed by atoms with van der Waals surface area (Å²) < 4.78 is 0. The average molecular weight is 302 g/mol. The number of aromatic nitrogens is 1. The Morgan fingerprint density at radius 2 is 2.23 bits per heavy atom. The number of nitrogens with one attached hydrogen (secondary N) is 1. The van der Waals surface area contributed by atoms with E-state index >= 15 is 0 Å². The number of fused-ring (bicyclic) bond motifs is 1. The highest BCUT2D eigenvalue weighted by molar-refractivity contribution is 5.82. The van der Waals surface area contributed by atoms with Crippen molar-refractivity contribution in [2.24, 2.45) is 5.41 Å². The first-order valence-corrected chi connectivity index (χ1v) is 8.25. The molecule has 0 saturated carbocycles. The first-order valence-electron chi connectivity index (χ1n) is 8.25. The molecule has 1 fully saturated rings. The Morgan fingerprint density at radius 3 is 3.00 bits per heavy atom. The number of hydrogen-bond donors (Lipinski definition) is 3. The number of nitrogens with zero attached hydrogens (tertiary/aromatic N) is 1. The van der Waals surface area contributed by atoms with Gasteiger partial charge >= 0.3 is 0 Å². The first kappa shape index (κ1) is 15.5. The predicted molar refractivity (Wildman–Crippen MR) is 88.6 cm³/mol. The SMILES string of the molecule is CCC[C@@]1(CO)CN(Cc2cccc3cc[nH]c23)CC[C@@H]1O. The van der Waals surface area contributed by atoms with Crippen molar-refractivity contribution in [1.82, 2.24) is 9.88 Å². The van der Waals surface area contributed by atoms with Crippen LogP contribution in [0, 0.1) is 5.41 Å². The molecule has 1 aliphatic rings. The summed E-state index contributed by atoms with van der Waals surface area (Å²) in [7, 11) is 0. The number of piperidine rings is 1. The Kier molecular flexibility index (Phi) is 4.52. The summed E-state index contributed by atoms with van der Waals surface area (Å²) in [5, 5.41) is 21.5. The Labute approximate surface area is 131 Å². The van der Waals surface area contributed by atoms with Gasteiger partial charge in [0, 0.05) is 36.8 Å². The third kappa shape index (κ3) is 2.78. The third-order valence-electron chi connectivity index (χ3n) is 5.09. The van der Waals surface area contributed by atoms with Gasteiger partial charge in [-0.25, -0.2) is 0 Å². The third-order valence-corrected chi connectivity index (χ3v) is 5.09. The molecule has 4 heteroatoms. The van der Waals surface area contributed by atoms with Crippen molar-refractivity contribution >= 4 is 10.9 Å². The first-order chi connectivity index (χ1) is 10.7. The second kappa shape index (κ2) is 6.41. The van der Waals surface area contributed by atoms with E-state index in [1.807, 2.05) is 6.20 Å². The lowest BCUT2D eigenvalue weighted by atomic mass is 9.74. The fraction of sp³-hybridized carbons (Fsp3) is 0.556. The molecule has 2 atom stereocenters. The van der Waals surface area contributed by atoms with Crippen LogP contribution in [0.4, 0.5) is 0 Å². The minimum absolute atomic E-state index is 0.0607. The van der Waals surface area contributed by atoms with E-state index in [1.165, 1.54) is 16.5 Å². The molecule has 2 aromatic rings. The lowest BCUT2D eigenvalue weighted by Crippen LogP contribution is -2.53. The number of aliphatic hydroxyl groups excluding tert-OH is 2. The van der Waals surface area contributed by atoms with Crippen LogP contribution in [0.15, 0.2) is 30.5 Å². The van der Waals surface area contributed by atoms with E-state index in [1.54, 1.807) is 0 Å². The molecule has 1 aromatic heterocycles. The number of aromatic amines is 1. The van der Waals surface area contributed by atoms with Gasteiger partial charge in [0.1, 0.15) is 0 Å². The van der Waals surface area contributed by atoms with Gasteiger partial charge in [0.2, 0.25) is 0 Å². The van der Waals surface area contributed by atoms with Crippen molar-refractivity contribution in [3.63, 3.8) is 0 Å². The summed E-state index contributed by atoms with van der Waals surface area (Å²) in [6, 6.07) is 8.46. The highest BCUT2D eigenvalue weighted by Crippen LogP contribution is 2.35. The maximum absolute atomic E-state index is 10.4. The monoisotopic (exact) mass is 302 g/mol. The van der Waals surface area contributed by atoms with Gasteiger partial charge in [-0.05, 0) is 29.9 Å². The van der Waals surface area contributed by atoms with Crippen LogP contribution in [-0.4, -0.2) is 45.9 Å². The summed E-state index contributed by atoms with van der Waals surface area (Å²) in [4.78, 5) is 5.69. The van der Waals surface area contributed by atoms with Gasteiger partial charge in [0.25, 0.3) is 0 Å². The van der Waals surface area contributed by atoms with Gasteiger partial charge in [-0.15, -0.1) is 0 Å². The number of likely N-dealkylation sites (tertiary alicyclic amines) is 1. The lowest BCUT2D eigenvalue weighted by molar-refractivity contribution is -0.0819. The summed E-state index contributed by atoms with van der Waals surface area (Å²) in [5.74, 6) is 0. The Morgan fingerprint density at radius 1 is 1.36 bits per heavy atom. The second-order valence-corrected chi connectivity index (χ2v) is 6.64. The minimum atomic E-state index is -0.394. The number of para-hydroxylation sites is 1. The predicted octanol–water partition coefficient (Wildman–Crippen LogP) is 2.51. The molecule has 1 aliphatic heterocycles. The number of benzene rings is 1. The van der Waals surface area contributed by atoms with Crippen molar-refractivity contribution in [2.75, 3.05) is 19.7 Å². The average Bonchev–Trinajstić information content (AvgIpc) is 3.00. The van der Waals surface area contributed by atoms with E-state index in [2.05, 4.69) is 41.1 Å². The molecule has 0 unspecified atom stereocenters. The highest BCUT2D eigenvalue weighted by atomic mass is 16.3. The van der Waals surface area contributed by atoms with E-state index in [-0.39, 0.29) is 12.0 Å². The lowest BCUT2D eigenvalue weighted by Gasteiger charge is -2.45. The van der Waals surface area contributed by atoms with Gasteiger partial charge in [0.05, 0.1) is 12.7 Å². The number of H-pyrrole nitrogens is 1. The molecule has 120 valence electrons. The number of rotatable bonds is 5. The topological polar surface area (TPSA) is 59.5 Å². The Hall–Kier alpha value is -1.36. The van der Waals surface area contributed by atoms with Crippen molar-refractivity contribution < 1.29 is 10.2 Å². The van der Waals surface area contributed by atoms with Crippen LogP contribution in [-0.2, 0) is 6.54 Å². The smallest absolute Gasteiger partial charge is 0.0642 e. The molecule has 0 radical (unpaired) electrons. The zero-order valence-corrected chi connectivity index (χ0v) is 13.3. The Balaban J connectivity index is 1.79. The van der Waals surface area contributed by atoms with Crippen molar-refractivity contribution in [2.45, 2.75) is 38.8 Å². The summed E-state index contributed by atoms with van der Waals surface area (Å²) in [5.41, 5.74) is 2.11. The van der Waals surface area contributed by atoms with Gasteiger partial charge in [-0.3, -0.25) is 4.90 Å². The van der Waals surface area contributed by atoms with Gasteiger partial charge in [-0.1, -0.05) is 31.5 Å². The number of aliphatic hydroxyl groups is 2. The summed E-state index contributed by atoms with van der Waals surface area (Å²) in [6.45, 7) is 4.67. The molecule has 0 amide bonds.